The first-order chi connectivity index (χ1) is 9.31. The SMILES string of the molecule is COCCCNC(=O)c1csc(-c2ccccc2)n1. The van der Waals surface area contributed by atoms with Gasteiger partial charge in [0.15, 0.2) is 0 Å². The summed E-state index contributed by atoms with van der Waals surface area (Å²) in [5.41, 5.74) is 1.51. The number of hydrogen-bond donors (Lipinski definition) is 1. The average molecular weight is 276 g/mol. The third-order valence-electron chi connectivity index (χ3n) is 2.57. The van der Waals surface area contributed by atoms with Gasteiger partial charge in [0.2, 0.25) is 0 Å². The minimum absolute atomic E-state index is 0.130. The molecule has 1 heterocycles. The lowest BCUT2D eigenvalue weighted by atomic mass is 10.2. The van der Waals surface area contributed by atoms with Gasteiger partial charge in [-0.25, -0.2) is 4.98 Å². The molecule has 1 aromatic heterocycles. The molecule has 5 heteroatoms. The molecule has 1 N–H and O–H groups in total. The summed E-state index contributed by atoms with van der Waals surface area (Å²) in [6.07, 6.45) is 0.803. The van der Waals surface area contributed by atoms with Crippen LogP contribution in [0.3, 0.4) is 0 Å². The fourth-order valence-electron chi connectivity index (χ4n) is 1.60. The van der Waals surface area contributed by atoms with Crippen molar-refractivity contribution in [2.75, 3.05) is 20.3 Å². The normalized spacial score (nSPS) is 10.4. The first-order valence-electron chi connectivity index (χ1n) is 6.09. The number of benzene rings is 1. The Kier molecular flexibility index (Phi) is 5.06. The maximum atomic E-state index is 11.8. The van der Waals surface area contributed by atoms with Crippen molar-refractivity contribution in [3.63, 3.8) is 0 Å². The van der Waals surface area contributed by atoms with Gasteiger partial charge in [-0.15, -0.1) is 11.3 Å². The van der Waals surface area contributed by atoms with Crippen LogP contribution < -0.4 is 5.32 Å². The highest BCUT2D eigenvalue weighted by molar-refractivity contribution is 7.13. The number of thiazole rings is 1. The van der Waals surface area contributed by atoms with E-state index >= 15 is 0 Å². The largest absolute Gasteiger partial charge is 0.385 e. The molecule has 2 rings (SSSR count). The monoisotopic (exact) mass is 276 g/mol. The van der Waals surface area contributed by atoms with Crippen LogP contribution in [0.15, 0.2) is 35.7 Å². The van der Waals surface area contributed by atoms with Gasteiger partial charge < -0.3 is 10.1 Å². The van der Waals surface area contributed by atoms with Crippen LogP contribution >= 0.6 is 11.3 Å². The van der Waals surface area contributed by atoms with Crippen LogP contribution in [-0.4, -0.2) is 31.2 Å². The van der Waals surface area contributed by atoms with Crippen molar-refractivity contribution in [3.8, 4) is 10.6 Å². The van der Waals surface area contributed by atoms with Crippen LogP contribution in [0.2, 0.25) is 0 Å². The molecule has 0 radical (unpaired) electrons. The molecular weight excluding hydrogens is 260 g/mol. The predicted octanol–water partition coefficient (Wildman–Crippen LogP) is 2.58. The Bertz CT molecular complexity index is 525. The molecule has 0 fully saturated rings. The number of ether oxygens (including phenoxy) is 1. The van der Waals surface area contributed by atoms with Gasteiger partial charge in [-0.2, -0.15) is 0 Å². The third-order valence-corrected chi connectivity index (χ3v) is 3.46. The van der Waals surface area contributed by atoms with Gasteiger partial charge >= 0.3 is 0 Å². The van der Waals surface area contributed by atoms with E-state index in [1.807, 2.05) is 30.3 Å². The van der Waals surface area contributed by atoms with E-state index in [4.69, 9.17) is 4.74 Å². The molecule has 2 aromatic rings. The van der Waals surface area contributed by atoms with Gasteiger partial charge in [-0.05, 0) is 6.42 Å². The molecule has 1 amide bonds. The van der Waals surface area contributed by atoms with E-state index in [0.29, 0.717) is 18.8 Å². The highest BCUT2D eigenvalue weighted by Crippen LogP contribution is 2.23. The fourth-order valence-corrected chi connectivity index (χ4v) is 2.41. The highest BCUT2D eigenvalue weighted by atomic mass is 32.1. The van der Waals surface area contributed by atoms with Crippen LogP contribution in [-0.2, 0) is 4.74 Å². The average Bonchev–Trinajstić information content (AvgIpc) is 2.94. The molecule has 0 saturated heterocycles. The van der Waals surface area contributed by atoms with Crippen LogP contribution in [0, 0.1) is 0 Å². The lowest BCUT2D eigenvalue weighted by Crippen LogP contribution is -2.25. The molecule has 0 aliphatic heterocycles. The molecule has 0 unspecified atom stereocenters. The lowest BCUT2D eigenvalue weighted by molar-refractivity contribution is 0.0944. The Morgan fingerprint density at radius 1 is 1.37 bits per heavy atom. The van der Waals surface area contributed by atoms with Gasteiger partial charge in [0, 0.05) is 31.2 Å². The predicted molar refractivity (Wildman–Crippen MR) is 76.4 cm³/mol. The second-order valence-corrected chi connectivity index (χ2v) is 4.86. The lowest BCUT2D eigenvalue weighted by Gasteiger charge is -2.02. The summed E-state index contributed by atoms with van der Waals surface area (Å²) in [7, 11) is 1.65. The molecule has 0 aliphatic rings. The summed E-state index contributed by atoms with van der Waals surface area (Å²) >= 11 is 1.48. The zero-order valence-electron chi connectivity index (χ0n) is 10.8. The van der Waals surface area contributed by atoms with E-state index in [1.54, 1.807) is 12.5 Å². The summed E-state index contributed by atoms with van der Waals surface area (Å²) in [5.74, 6) is -0.130. The van der Waals surface area contributed by atoms with E-state index in [9.17, 15) is 4.79 Å². The van der Waals surface area contributed by atoms with Crippen LogP contribution in [0.5, 0.6) is 0 Å². The Morgan fingerprint density at radius 3 is 2.89 bits per heavy atom. The van der Waals surface area contributed by atoms with Crippen molar-refractivity contribution in [1.29, 1.82) is 0 Å². The van der Waals surface area contributed by atoms with Crippen LogP contribution in [0.1, 0.15) is 16.9 Å². The summed E-state index contributed by atoms with van der Waals surface area (Å²) < 4.78 is 4.93. The molecule has 4 nitrogen and oxygen atoms in total. The Morgan fingerprint density at radius 2 is 2.16 bits per heavy atom. The molecule has 100 valence electrons. The van der Waals surface area contributed by atoms with Gasteiger partial charge in [0.05, 0.1) is 0 Å². The maximum Gasteiger partial charge on any atom is 0.270 e. The van der Waals surface area contributed by atoms with Crippen molar-refractivity contribution >= 4 is 17.2 Å². The fraction of sp³-hybridized carbons (Fsp3) is 0.286. The van der Waals surface area contributed by atoms with Crippen molar-refractivity contribution in [2.45, 2.75) is 6.42 Å². The summed E-state index contributed by atoms with van der Waals surface area (Å²) in [4.78, 5) is 16.2. The molecule has 1 aromatic carbocycles. The quantitative estimate of drug-likeness (QED) is 0.825. The van der Waals surface area contributed by atoms with Gasteiger partial charge in [-0.1, -0.05) is 30.3 Å². The summed E-state index contributed by atoms with van der Waals surface area (Å²) in [5, 5.41) is 5.47. The van der Waals surface area contributed by atoms with Crippen molar-refractivity contribution in [2.24, 2.45) is 0 Å². The number of carbonyl (C=O) groups is 1. The smallest absolute Gasteiger partial charge is 0.270 e. The second kappa shape index (κ2) is 7.01. The molecular formula is C14H16N2O2S. The maximum absolute atomic E-state index is 11.8. The standard InChI is InChI=1S/C14H16N2O2S/c1-18-9-5-8-15-13(17)12-10-19-14(16-12)11-6-3-2-4-7-11/h2-4,6-7,10H,5,8-9H2,1H3,(H,15,17). The zero-order chi connectivity index (χ0) is 13.5. The number of carbonyl (C=O) groups excluding carboxylic acids is 1. The molecule has 0 atom stereocenters. The number of rotatable bonds is 6. The van der Waals surface area contributed by atoms with Crippen LogP contribution in [0.25, 0.3) is 10.6 Å². The molecule has 0 bridgehead atoms. The third kappa shape index (κ3) is 3.87. The first kappa shape index (κ1) is 13.7. The van der Waals surface area contributed by atoms with E-state index < -0.39 is 0 Å². The Balaban J connectivity index is 1.95. The van der Waals surface area contributed by atoms with Crippen molar-refractivity contribution in [3.05, 3.63) is 41.4 Å². The minimum Gasteiger partial charge on any atom is -0.385 e. The van der Waals surface area contributed by atoms with Gasteiger partial charge in [0.25, 0.3) is 5.91 Å². The van der Waals surface area contributed by atoms with Crippen molar-refractivity contribution in [1.82, 2.24) is 10.3 Å². The number of amides is 1. The highest BCUT2D eigenvalue weighted by Gasteiger charge is 2.10. The zero-order valence-corrected chi connectivity index (χ0v) is 11.6. The topological polar surface area (TPSA) is 51.2 Å². The minimum atomic E-state index is -0.130. The second-order valence-electron chi connectivity index (χ2n) is 4.01. The van der Waals surface area contributed by atoms with E-state index in [0.717, 1.165) is 17.0 Å². The Hall–Kier alpha value is -1.72. The van der Waals surface area contributed by atoms with Crippen molar-refractivity contribution < 1.29 is 9.53 Å². The van der Waals surface area contributed by atoms with E-state index in [1.165, 1.54) is 11.3 Å². The van der Waals surface area contributed by atoms with Gasteiger partial charge in [-0.3, -0.25) is 4.79 Å². The first-order valence-corrected chi connectivity index (χ1v) is 6.97. The summed E-state index contributed by atoms with van der Waals surface area (Å²) in [6, 6.07) is 9.85. The molecule has 19 heavy (non-hydrogen) atoms. The number of hydrogen-bond acceptors (Lipinski definition) is 4. The number of aromatic nitrogens is 1. The molecule has 0 aliphatic carbocycles. The van der Waals surface area contributed by atoms with E-state index in [2.05, 4.69) is 10.3 Å². The Labute approximate surface area is 116 Å². The number of nitrogens with zero attached hydrogens (tertiary/aromatic N) is 1. The van der Waals surface area contributed by atoms with E-state index in [-0.39, 0.29) is 5.91 Å². The molecule has 0 spiro atoms. The number of methoxy groups -OCH3 is 1. The van der Waals surface area contributed by atoms with Crippen LogP contribution in [0.4, 0.5) is 0 Å². The van der Waals surface area contributed by atoms with Gasteiger partial charge in [0.1, 0.15) is 10.7 Å². The summed E-state index contributed by atoms with van der Waals surface area (Å²) in [6.45, 7) is 1.25. The molecule has 0 saturated carbocycles. The number of nitrogens with one attached hydrogen (secondary N) is 1.